The summed E-state index contributed by atoms with van der Waals surface area (Å²) in [6.45, 7) is 0.181. The van der Waals surface area contributed by atoms with Gasteiger partial charge < -0.3 is 9.47 Å². The van der Waals surface area contributed by atoms with Crippen LogP contribution in [0.25, 0.3) is 0 Å². The lowest BCUT2D eigenvalue weighted by atomic mass is 10.2. The van der Waals surface area contributed by atoms with Gasteiger partial charge in [-0.1, -0.05) is 0 Å². The maximum Gasteiger partial charge on any atom is 0.344 e. The van der Waals surface area contributed by atoms with E-state index in [1.165, 1.54) is 7.11 Å². The van der Waals surface area contributed by atoms with Crippen LogP contribution in [0.2, 0.25) is 0 Å². The summed E-state index contributed by atoms with van der Waals surface area (Å²) in [5.41, 5.74) is -1.09. The minimum Gasteiger partial charge on any atom is -0.462 e. The summed E-state index contributed by atoms with van der Waals surface area (Å²) >= 11 is 0. The molecule has 0 unspecified atom stereocenters. The first-order valence-electron chi connectivity index (χ1n) is 5.46. The molecular formula is C11H13F2NO5S. The molecule has 2 N–H and O–H groups in total. The van der Waals surface area contributed by atoms with Crippen molar-refractivity contribution in [3.05, 3.63) is 29.3 Å². The monoisotopic (exact) mass is 309 g/mol. The van der Waals surface area contributed by atoms with Gasteiger partial charge in [0, 0.05) is 20.1 Å². The third-order valence-corrected chi connectivity index (χ3v) is 3.22. The number of hydrogen-bond acceptors (Lipinski definition) is 5. The molecule has 0 aromatic heterocycles. The van der Waals surface area contributed by atoms with Crippen LogP contribution in [-0.2, 0) is 19.5 Å². The third kappa shape index (κ3) is 3.95. The van der Waals surface area contributed by atoms with Crippen LogP contribution in [-0.4, -0.2) is 34.7 Å². The van der Waals surface area contributed by atoms with Gasteiger partial charge in [0.05, 0.1) is 6.61 Å². The Hall–Kier alpha value is -1.58. The maximum atomic E-state index is 13.8. The van der Waals surface area contributed by atoms with E-state index in [2.05, 4.69) is 4.74 Å². The normalized spacial score (nSPS) is 11.4. The molecule has 1 aromatic rings. The molecule has 0 aliphatic heterocycles. The Labute approximate surface area is 114 Å². The number of sulfonamides is 1. The molecule has 0 fully saturated rings. The van der Waals surface area contributed by atoms with E-state index in [1.807, 2.05) is 0 Å². The predicted octanol–water partition coefficient (Wildman–Crippen LogP) is 0.806. The van der Waals surface area contributed by atoms with E-state index in [0.717, 1.165) is 0 Å². The summed E-state index contributed by atoms with van der Waals surface area (Å²) in [5.74, 6) is -4.10. The molecule has 9 heteroatoms. The van der Waals surface area contributed by atoms with Gasteiger partial charge >= 0.3 is 5.97 Å². The van der Waals surface area contributed by atoms with E-state index in [4.69, 9.17) is 9.88 Å². The number of rotatable bonds is 6. The fraction of sp³-hybridized carbons (Fsp3) is 0.364. The number of nitrogens with two attached hydrogens (primary N) is 1. The summed E-state index contributed by atoms with van der Waals surface area (Å²) in [4.78, 5) is 10.6. The van der Waals surface area contributed by atoms with Crippen LogP contribution in [0.4, 0.5) is 8.78 Å². The topological polar surface area (TPSA) is 95.7 Å². The van der Waals surface area contributed by atoms with E-state index in [0.29, 0.717) is 25.2 Å². The molecule has 0 amide bonds. The van der Waals surface area contributed by atoms with Crippen molar-refractivity contribution in [1.82, 2.24) is 0 Å². The summed E-state index contributed by atoms with van der Waals surface area (Å²) in [5, 5.41) is 4.76. The maximum absolute atomic E-state index is 13.8. The number of methoxy groups -OCH3 is 1. The van der Waals surface area contributed by atoms with Crippen molar-refractivity contribution in [2.75, 3.05) is 20.3 Å². The van der Waals surface area contributed by atoms with Crippen LogP contribution in [0.3, 0.4) is 0 Å². The second-order valence-corrected chi connectivity index (χ2v) is 5.29. The van der Waals surface area contributed by atoms with Gasteiger partial charge in [0.25, 0.3) is 0 Å². The van der Waals surface area contributed by atoms with Crippen LogP contribution in [0.5, 0.6) is 0 Å². The smallest absolute Gasteiger partial charge is 0.344 e. The largest absolute Gasteiger partial charge is 0.462 e. The highest BCUT2D eigenvalue weighted by atomic mass is 32.2. The highest BCUT2D eigenvalue weighted by Crippen LogP contribution is 2.21. The van der Waals surface area contributed by atoms with Gasteiger partial charge in [-0.25, -0.2) is 27.1 Å². The van der Waals surface area contributed by atoms with Crippen molar-refractivity contribution in [2.45, 2.75) is 11.3 Å². The highest BCUT2D eigenvalue weighted by molar-refractivity contribution is 7.89. The van der Waals surface area contributed by atoms with E-state index in [9.17, 15) is 22.0 Å². The number of esters is 1. The number of carbonyl (C=O) groups excluding carboxylic acids is 1. The molecule has 0 bridgehead atoms. The average Bonchev–Trinajstić information content (AvgIpc) is 2.33. The van der Waals surface area contributed by atoms with E-state index in [-0.39, 0.29) is 6.61 Å². The van der Waals surface area contributed by atoms with Crippen molar-refractivity contribution >= 4 is 16.0 Å². The van der Waals surface area contributed by atoms with E-state index < -0.39 is 38.1 Å². The summed E-state index contributed by atoms with van der Waals surface area (Å²) in [6, 6.07) is 1.27. The predicted molar refractivity (Wildman–Crippen MR) is 64.5 cm³/mol. The summed E-state index contributed by atoms with van der Waals surface area (Å²) in [6.07, 6.45) is 0.334. The number of halogens is 2. The van der Waals surface area contributed by atoms with Crippen LogP contribution in [0, 0.1) is 11.6 Å². The van der Waals surface area contributed by atoms with Crippen molar-refractivity contribution in [3.8, 4) is 0 Å². The quantitative estimate of drug-likeness (QED) is 0.619. The first-order chi connectivity index (χ1) is 9.29. The molecule has 0 saturated heterocycles. The average molecular weight is 309 g/mol. The zero-order valence-electron chi connectivity index (χ0n) is 10.6. The van der Waals surface area contributed by atoms with Gasteiger partial charge in [0.15, 0.2) is 5.82 Å². The van der Waals surface area contributed by atoms with E-state index >= 15 is 0 Å². The molecule has 0 radical (unpaired) electrons. The van der Waals surface area contributed by atoms with Crippen molar-refractivity contribution in [2.24, 2.45) is 5.14 Å². The van der Waals surface area contributed by atoms with Crippen LogP contribution in [0.1, 0.15) is 16.8 Å². The second kappa shape index (κ2) is 6.73. The van der Waals surface area contributed by atoms with Crippen LogP contribution >= 0.6 is 0 Å². The number of carbonyl (C=O) groups is 1. The molecule has 6 nitrogen and oxygen atoms in total. The SMILES string of the molecule is COCCCOC(=O)c1c(F)ccc(S(N)(=O)=O)c1F. The van der Waals surface area contributed by atoms with Gasteiger partial charge in [0.2, 0.25) is 10.0 Å². The van der Waals surface area contributed by atoms with Crippen molar-refractivity contribution in [3.63, 3.8) is 0 Å². The lowest BCUT2D eigenvalue weighted by Crippen LogP contribution is -2.18. The molecule has 0 heterocycles. The Morgan fingerprint density at radius 1 is 1.30 bits per heavy atom. The molecular weight excluding hydrogens is 296 g/mol. The fourth-order valence-corrected chi connectivity index (χ4v) is 1.99. The zero-order valence-corrected chi connectivity index (χ0v) is 11.4. The lowest BCUT2D eigenvalue weighted by Gasteiger charge is -2.08. The van der Waals surface area contributed by atoms with Gasteiger partial charge in [-0.3, -0.25) is 0 Å². The first-order valence-corrected chi connectivity index (χ1v) is 7.00. The van der Waals surface area contributed by atoms with Gasteiger partial charge in [-0.05, 0) is 12.1 Å². The Morgan fingerprint density at radius 3 is 2.50 bits per heavy atom. The molecule has 112 valence electrons. The highest BCUT2D eigenvalue weighted by Gasteiger charge is 2.26. The Morgan fingerprint density at radius 2 is 1.95 bits per heavy atom. The molecule has 0 spiro atoms. The molecule has 20 heavy (non-hydrogen) atoms. The molecule has 0 atom stereocenters. The molecule has 0 saturated carbocycles. The molecule has 0 aliphatic carbocycles. The third-order valence-electron chi connectivity index (χ3n) is 2.29. The first kappa shape index (κ1) is 16.5. The Balaban J connectivity index is 3.03. The fourth-order valence-electron chi connectivity index (χ4n) is 1.38. The molecule has 1 aromatic carbocycles. The van der Waals surface area contributed by atoms with E-state index in [1.54, 1.807) is 0 Å². The lowest BCUT2D eigenvalue weighted by molar-refractivity contribution is 0.0457. The molecule has 1 rings (SSSR count). The standard InChI is InChI=1S/C11H13F2NO5S/c1-18-5-2-6-19-11(15)9-7(12)3-4-8(10(9)13)20(14,16)17/h3-4H,2,5-6H2,1H3,(H2,14,16,17). The number of hydrogen-bond donors (Lipinski definition) is 1. The minimum atomic E-state index is -4.40. The van der Waals surface area contributed by atoms with Crippen molar-refractivity contribution < 1.29 is 31.5 Å². The van der Waals surface area contributed by atoms with Crippen molar-refractivity contribution in [1.29, 1.82) is 0 Å². The van der Waals surface area contributed by atoms with Crippen LogP contribution in [0.15, 0.2) is 17.0 Å². The second-order valence-electron chi connectivity index (χ2n) is 3.76. The number of ether oxygens (including phenoxy) is 2. The number of primary sulfonamides is 1. The molecule has 0 aliphatic rings. The van der Waals surface area contributed by atoms with Gasteiger partial charge in [-0.15, -0.1) is 0 Å². The summed E-state index contributed by atoms with van der Waals surface area (Å²) in [7, 11) is -2.96. The Kier molecular flexibility index (Phi) is 5.54. The minimum absolute atomic E-state index is 0.120. The van der Waals surface area contributed by atoms with Gasteiger partial charge in [-0.2, -0.15) is 0 Å². The zero-order chi connectivity index (χ0) is 15.3. The number of benzene rings is 1. The van der Waals surface area contributed by atoms with Crippen LogP contribution < -0.4 is 5.14 Å². The Bertz CT molecular complexity index is 603. The van der Waals surface area contributed by atoms with Gasteiger partial charge in [0.1, 0.15) is 16.3 Å². The summed E-state index contributed by atoms with van der Waals surface area (Å²) < 4.78 is 58.8.